The van der Waals surface area contributed by atoms with E-state index in [2.05, 4.69) is 5.32 Å². The first kappa shape index (κ1) is 17.7. The van der Waals surface area contributed by atoms with Crippen LogP contribution in [-0.4, -0.2) is 31.2 Å². The van der Waals surface area contributed by atoms with Crippen LogP contribution in [0.4, 0.5) is 14.5 Å². The Balaban J connectivity index is 1.57. The zero-order valence-corrected chi connectivity index (χ0v) is 13.8. The summed E-state index contributed by atoms with van der Waals surface area (Å²) in [5.74, 6) is -2.85. The molecule has 2 aromatic carbocycles. The maximum atomic E-state index is 13.1. The van der Waals surface area contributed by atoms with Crippen molar-refractivity contribution in [2.75, 3.05) is 18.0 Å². The van der Waals surface area contributed by atoms with Crippen LogP contribution in [0, 0.1) is 11.6 Å². The van der Waals surface area contributed by atoms with E-state index in [1.165, 1.54) is 6.07 Å². The number of amides is 2. The Hall–Kier alpha value is -3.09. The molecule has 5 nitrogen and oxygen atoms in total. The summed E-state index contributed by atoms with van der Waals surface area (Å²) < 4.78 is 26.0. The third kappa shape index (κ3) is 3.61. The molecule has 1 heterocycles. The molecule has 2 amide bonds. The summed E-state index contributed by atoms with van der Waals surface area (Å²) >= 11 is 0. The van der Waals surface area contributed by atoms with Crippen molar-refractivity contribution < 1.29 is 23.2 Å². The van der Waals surface area contributed by atoms with E-state index in [0.29, 0.717) is 18.5 Å². The molecule has 0 saturated heterocycles. The van der Waals surface area contributed by atoms with Gasteiger partial charge in [0.1, 0.15) is 0 Å². The molecule has 0 bridgehead atoms. The quantitative estimate of drug-likeness (QED) is 0.637. The summed E-state index contributed by atoms with van der Waals surface area (Å²) in [6.45, 7) is 0.676. The first-order valence-corrected chi connectivity index (χ1v) is 8.11. The fourth-order valence-corrected chi connectivity index (χ4v) is 2.88. The summed E-state index contributed by atoms with van der Waals surface area (Å²) in [6, 6.07) is 8.02. The fourth-order valence-electron chi connectivity index (χ4n) is 2.88. The molecule has 7 heteroatoms. The van der Waals surface area contributed by atoms with Gasteiger partial charge in [0.25, 0.3) is 5.91 Å². The van der Waals surface area contributed by atoms with Gasteiger partial charge in [0.05, 0.1) is 0 Å². The van der Waals surface area contributed by atoms with E-state index in [0.717, 1.165) is 29.8 Å². The molecule has 0 radical (unpaired) electrons. The number of nitrogens with zero attached hydrogens (tertiary/aromatic N) is 1. The van der Waals surface area contributed by atoms with Gasteiger partial charge >= 0.3 is 0 Å². The largest absolute Gasteiger partial charge is 0.352 e. The Morgan fingerprint density at radius 2 is 1.85 bits per heavy atom. The maximum Gasteiger partial charge on any atom is 0.251 e. The smallest absolute Gasteiger partial charge is 0.251 e. The summed E-state index contributed by atoms with van der Waals surface area (Å²) in [7, 11) is 0. The van der Waals surface area contributed by atoms with Crippen LogP contribution in [-0.2, 0) is 11.2 Å². The van der Waals surface area contributed by atoms with Gasteiger partial charge < -0.3 is 10.2 Å². The van der Waals surface area contributed by atoms with Gasteiger partial charge in [0, 0.05) is 36.3 Å². The zero-order valence-electron chi connectivity index (χ0n) is 13.8. The van der Waals surface area contributed by atoms with Gasteiger partial charge in [-0.15, -0.1) is 0 Å². The number of Topliss-reactive ketones (excluding diaryl/α,β-unsaturated/α-hetero) is 1. The van der Waals surface area contributed by atoms with Crippen LogP contribution in [0.3, 0.4) is 0 Å². The van der Waals surface area contributed by atoms with Gasteiger partial charge in [-0.1, -0.05) is 0 Å². The highest BCUT2D eigenvalue weighted by atomic mass is 19.2. The van der Waals surface area contributed by atoms with E-state index in [4.69, 9.17) is 0 Å². The highest BCUT2D eigenvalue weighted by molar-refractivity contribution is 5.98. The molecule has 0 aromatic heterocycles. The number of carbonyl (C=O) groups is 3. The van der Waals surface area contributed by atoms with Gasteiger partial charge in [-0.2, -0.15) is 0 Å². The van der Waals surface area contributed by atoms with E-state index >= 15 is 0 Å². The van der Waals surface area contributed by atoms with E-state index in [9.17, 15) is 23.2 Å². The van der Waals surface area contributed by atoms with Crippen molar-refractivity contribution in [1.29, 1.82) is 0 Å². The topological polar surface area (TPSA) is 66.5 Å². The van der Waals surface area contributed by atoms with Gasteiger partial charge in [0.2, 0.25) is 6.41 Å². The average molecular weight is 358 g/mol. The van der Waals surface area contributed by atoms with Crippen molar-refractivity contribution >= 4 is 23.8 Å². The van der Waals surface area contributed by atoms with Crippen LogP contribution in [0.1, 0.15) is 32.7 Å². The Morgan fingerprint density at radius 1 is 1.08 bits per heavy atom. The standard InChI is InChI=1S/C19H16F2N2O3/c20-15-3-1-14(10-16(15)21)19(26)22-7-5-18(25)13-2-4-17-12(9-13)6-8-23(17)11-24/h1-4,9-11H,5-8H2,(H,22,26). The highest BCUT2D eigenvalue weighted by Crippen LogP contribution is 2.27. The number of hydrogen-bond acceptors (Lipinski definition) is 3. The number of rotatable bonds is 6. The normalized spacial score (nSPS) is 12.6. The third-order valence-electron chi connectivity index (χ3n) is 4.28. The van der Waals surface area contributed by atoms with E-state index in [1.54, 1.807) is 23.1 Å². The number of ketones is 1. The average Bonchev–Trinajstić information content (AvgIpc) is 3.06. The molecule has 0 spiro atoms. The van der Waals surface area contributed by atoms with Crippen molar-refractivity contribution in [3.63, 3.8) is 0 Å². The van der Waals surface area contributed by atoms with Gasteiger partial charge in [-0.25, -0.2) is 8.78 Å². The molecular formula is C19H16F2N2O3. The molecule has 2 aromatic rings. The maximum absolute atomic E-state index is 13.1. The van der Waals surface area contributed by atoms with Crippen LogP contribution < -0.4 is 10.2 Å². The minimum absolute atomic E-state index is 0.0113. The van der Waals surface area contributed by atoms with Crippen molar-refractivity contribution in [3.05, 3.63) is 64.7 Å². The van der Waals surface area contributed by atoms with E-state index < -0.39 is 17.5 Å². The van der Waals surface area contributed by atoms with Crippen LogP contribution in [0.5, 0.6) is 0 Å². The predicted octanol–water partition coefficient (Wildman–Crippen LogP) is 2.49. The third-order valence-corrected chi connectivity index (χ3v) is 4.28. The molecule has 0 atom stereocenters. The fraction of sp³-hybridized carbons (Fsp3) is 0.211. The lowest BCUT2D eigenvalue weighted by molar-refractivity contribution is -0.107. The molecule has 3 rings (SSSR count). The Labute approximate surface area is 148 Å². The SMILES string of the molecule is O=CN1CCc2cc(C(=O)CCNC(=O)c3ccc(F)c(F)c3)ccc21. The Kier molecular flexibility index (Phi) is 5.06. The van der Waals surface area contributed by atoms with Crippen LogP contribution in [0.25, 0.3) is 0 Å². The number of halogens is 2. The van der Waals surface area contributed by atoms with E-state index in [1.807, 2.05) is 0 Å². The summed E-state index contributed by atoms with van der Waals surface area (Å²) in [5.41, 5.74) is 2.25. The minimum Gasteiger partial charge on any atom is -0.352 e. The Morgan fingerprint density at radius 3 is 2.58 bits per heavy atom. The van der Waals surface area contributed by atoms with Crippen LogP contribution >= 0.6 is 0 Å². The lowest BCUT2D eigenvalue weighted by atomic mass is 10.0. The zero-order chi connectivity index (χ0) is 18.7. The molecule has 0 unspecified atom stereocenters. The first-order valence-electron chi connectivity index (χ1n) is 8.11. The van der Waals surface area contributed by atoms with Crippen LogP contribution in [0.15, 0.2) is 36.4 Å². The minimum atomic E-state index is -1.10. The molecule has 134 valence electrons. The summed E-state index contributed by atoms with van der Waals surface area (Å²) in [5, 5.41) is 2.51. The van der Waals surface area contributed by atoms with Gasteiger partial charge in [-0.05, 0) is 48.4 Å². The molecule has 0 aliphatic carbocycles. The van der Waals surface area contributed by atoms with Crippen LogP contribution in [0.2, 0.25) is 0 Å². The van der Waals surface area contributed by atoms with Crippen molar-refractivity contribution in [2.45, 2.75) is 12.8 Å². The van der Waals surface area contributed by atoms with Crippen molar-refractivity contribution in [1.82, 2.24) is 5.32 Å². The number of anilines is 1. The molecule has 1 N–H and O–H groups in total. The molecule has 0 fully saturated rings. The highest BCUT2D eigenvalue weighted by Gasteiger charge is 2.20. The number of hydrogen-bond donors (Lipinski definition) is 1. The monoisotopic (exact) mass is 358 g/mol. The van der Waals surface area contributed by atoms with Crippen molar-refractivity contribution in [2.24, 2.45) is 0 Å². The molecule has 0 saturated carbocycles. The Bertz CT molecular complexity index is 883. The lowest BCUT2D eigenvalue weighted by Gasteiger charge is -2.10. The molecule has 1 aliphatic heterocycles. The second kappa shape index (κ2) is 7.43. The molecule has 26 heavy (non-hydrogen) atoms. The first-order chi connectivity index (χ1) is 12.5. The second-order valence-electron chi connectivity index (χ2n) is 5.95. The lowest BCUT2D eigenvalue weighted by Crippen LogP contribution is -2.26. The summed E-state index contributed by atoms with van der Waals surface area (Å²) in [4.78, 5) is 36.7. The predicted molar refractivity (Wildman–Crippen MR) is 91.2 cm³/mol. The number of nitrogens with one attached hydrogen (secondary N) is 1. The van der Waals surface area contributed by atoms with Gasteiger partial charge in [-0.3, -0.25) is 14.4 Å². The number of benzene rings is 2. The van der Waals surface area contributed by atoms with Gasteiger partial charge in [0.15, 0.2) is 17.4 Å². The number of fused-ring (bicyclic) bond motifs is 1. The van der Waals surface area contributed by atoms with Crippen molar-refractivity contribution in [3.8, 4) is 0 Å². The molecule has 1 aliphatic rings. The number of carbonyl (C=O) groups excluding carboxylic acids is 3. The second-order valence-corrected chi connectivity index (χ2v) is 5.95. The summed E-state index contributed by atoms with van der Waals surface area (Å²) in [6.07, 6.45) is 1.54. The molecular weight excluding hydrogens is 342 g/mol. The van der Waals surface area contributed by atoms with E-state index in [-0.39, 0.29) is 24.3 Å².